The highest BCUT2D eigenvalue weighted by Crippen LogP contribution is 2.36. The van der Waals surface area contributed by atoms with Gasteiger partial charge in [-0.05, 0) is 80.1 Å². The summed E-state index contributed by atoms with van der Waals surface area (Å²) in [7, 11) is -3.71. The van der Waals surface area contributed by atoms with Gasteiger partial charge in [0, 0.05) is 43.5 Å². The fourth-order valence-corrected chi connectivity index (χ4v) is 9.11. The number of aromatic nitrogens is 2. The zero-order valence-electron chi connectivity index (χ0n) is 26.3. The summed E-state index contributed by atoms with van der Waals surface area (Å²) in [6, 6.07) is 16.5. The lowest BCUT2D eigenvalue weighted by Crippen LogP contribution is -2.42. The van der Waals surface area contributed by atoms with Crippen molar-refractivity contribution in [2.45, 2.75) is 44.9 Å². The second-order valence-electron chi connectivity index (χ2n) is 12.3. The minimum atomic E-state index is -3.71. The van der Waals surface area contributed by atoms with E-state index < -0.39 is 10.0 Å². The Morgan fingerprint density at radius 1 is 1.04 bits per heavy atom. The highest BCUT2D eigenvalue weighted by atomic mass is 32.2. The van der Waals surface area contributed by atoms with Crippen molar-refractivity contribution >= 4 is 44.9 Å². The lowest BCUT2D eigenvalue weighted by Gasteiger charge is -2.34. The summed E-state index contributed by atoms with van der Waals surface area (Å²) in [6.07, 6.45) is 5.94. The minimum absolute atomic E-state index is 0.137. The van der Waals surface area contributed by atoms with Crippen LogP contribution in [0.25, 0.3) is 23.0 Å². The van der Waals surface area contributed by atoms with Gasteiger partial charge in [-0.2, -0.15) is 14.4 Å². The van der Waals surface area contributed by atoms with Gasteiger partial charge in [-0.25, -0.2) is 13.1 Å². The van der Waals surface area contributed by atoms with Gasteiger partial charge in [0.25, 0.3) is 5.91 Å². The van der Waals surface area contributed by atoms with Crippen LogP contribution in [0.15, 0.2) is 75.6 Å². The van der Waals surface area contributed by atoms with Crippen LogP contribution < -0.4 is 0 Å². The van der Waals surface area contributed by atoms with Crippen molar-refractivity contribution < 1.29 is 22.7 Å². The fraction of sp³-hybridized carbons (Fsp3) is 0.412. The van der Waals surface area contributed by atoms with Gasteiger partial charge in [-0.3, -0.25) is 9.59 Å². The van der Waals surface area contributed by atoms with Crippen LogP contribution in [0, 0.1) is 17.8 Å². The number of nitrogens with zero attached hydrogens (tertiary/aromatic N) is 5. The Bertz CT molecular complexity index is 1770. The Morgan fingerprint density at radius 2 is 1.76 bits per heavy atom. The van der Waals surface area contributed by atoms with Gasteiger partial charge in [0.1, 0.15) is 5.69 Å². The normalized spacial score (nSPS) is 22.3. The summed E-state index contributed by atoms with van der Waals surface area (Å²) >= 11 is 1.31. The highest BCUT2D eigenvalue weighted by molar-refractivity contribution is 8.18. The Hall–Kier alpha value is -3.74. The average molecular weight is 662 g/mol. The van der Waals surface area contributed by atoms with Gasteiger partial charge in [0.15, 0.2) is 5.17 Å². The molecule has 10 nitrogen and oxygen atoms in total. The first-order valence-electron chi connectivity index (χ1n) is 15.8. The molecule has 2 atom stereocenters. The van der Waals surface area contributed by atoms with Crippen molar-refractivity contribution in [1.82, 2.24) is 19.0 Å². The van der Waals surface area contributed by atoms with Crippen LogP contribution in [0.2, 0.25) is 0 Å². The van der Waals surface area contributed by atoms with E-state index in [2.05, 4.69) is 18.8 Å². The second kappa shape index (κ2) is 13.5. The maximum atomic E-state index is 13.8. The molecule has 3 aliphatic rings. The number of esters is 1. The maximum Gasteiger partial charge on any atom is 0.309 e. The summed E-state index contributed by atoms with van der Waals surface area (Å²) in [6.45, 7) is 8.58. The number of carbonyl (C=O) groups excluding carboxylic acids is 2. The molecule has 1 aromatic heterocycles. The predicted octanol–water partition coefficient (Wildman–Crippen LogP) is 5.45. The van der Waals surface area contributed by atoms with Gasteiger partial charge in [0.2, 0.25) is 10.0 Å². The lowest BCUT2D eigenvalue weighted by molar-refractivity contribution is -0.149. The molecule has 0 bridgehead atoms. The number of para-hydroxylation sites is 1. The average Bonchev–Trinajstić information content (AvgIpc) is 3.65. The van der Waals surface area contributed by atoms with Crippen molar-refractivity contribution in [3.8, 4) is 16.9 Å². The molecule has 46 heavy (non-hydrogen) atoms. The number of piperidine rings is 2. The zero-order chi connectivity index (χ0) is 32.4. The third kappa shape index (κ3) is 6.84. The Kier molecular flexibility index (Phi) is 9.49. The summed E-state index contributed by atoms with van der Waals surface area (Å²) < 4.78 is 36.1. The van der Waals surface area contributed by atoms with E-state index in [0.29, 0.717) is 84.4 Å². The van der Waals surface area contributed by atoms with Crippen LogP contribution >= 0.6 is 11.8 Å². The smallest absolute Gasteiger partial charge is 0.309 e. The van der Waals surface area contributed by atoms with Crippen LogP contribution in [0.5, 0.6) is 0 Å². The van der Waals surface area contributed by atoms with E-state index in [1.54, 1.807) is 40.2 Å². The van der Waals surface area contributed by atoms with E-state index in [9.17, 15) is 18.0 Å². The van der Waals surface area contributed by atoms with Crippen LogP contribution in [-0.4, -0.2) is 77.2 Å². The quantitative estimate of drug-likeness (QED) is 0.243. The highest BCUT2D eigenvalue weighted by Gasteiger charge is 2.33. The molecule has 0 aliphatic carbocycles. The molecule has 12 heteroatoms. The number of hydrogen-bond acceptors (Lipinski definition) is 8. The molecule has 4 heterocycles. The number of benzene rings is 2. The predicted molar refractivity (Wildman–Crippen MR) is 180 cm³/mol. The van der Waals surface area contributed by atoms with E-state index in [0.717, 1.165) is 12.1 Å². The number of rotatable bonds is 7. The molecule has 2 fully saturated rings. The maximum absolute atomic E-state index is 13.8. The monoisotopic (exact) mass is 661 g/mol. The number of amides is 1. The molecule has 242 valence electrons. The summed E-state index contributed by atoms with van der Waals surface area (Å²) in [5, 5.41) is 5.50. The first-order valence-corrected chi connectivity index (χ1v) is 18.1. The van der Waals surface area contributed by atoms with E-state index in [-0.39, 0.29) is 22.7 Å². The first kappa shape index (κ1) is 32.2. The molecular weight excluding hydrogens is 623 g/mol. The first-order chi connectivity index (χ1) is 22.1. The number of likely N-dealkylation sites (tertiary alicyclic amines) is 1. The van der Waals surface area contributed by atoms with Crippen molar-refractivity contribution in [3.05, 3.63) is 71.3 Å². The molecule has 0 radical (unpaired) electrons. The van der Waals surface area contributed by atoms with E-state index in [1.165, 1.54) is 11.8 Å². The van der Waals surface area contributed by atoms with Gasteiger partial charge >= 0.3 is 5.97 Å². The van der Waals surface area contributed by atoms with Crippen molar-refractivity contribution in [2.24, 2.45) is 22.7 Å². The van der Waals surface area contributed by atoms with Gasteiger partial charge in [-0.1, -0.05) is 44.2 Å². The van der Waals surface area contributed by atoms with Crippen molar-refractivity contribution in [3.63, 3.8) is 0 Å². The van der Waals surface area contributed by atoms with E-state index >= 15 is 0 Å². The molecule has 1 amide bonds. The van der Waals surface area contributed by atoms with Crippen molar-refractivity contribution in [1.29, 1.82) is 0 Å². The van der Waals surface area contributed by atoms with Gasteiger partial charge < -0.3 is 9.64 Å². The number of carbonyl (C=O) groups is 2. The fourth-order valence-electron chi connectivity index (χ4n) is 6.43. The Morgan fingerprint density at radius 3 is 2.46 bits per heavy atom. The number of amidine groups is 1. The molecular formula is C34H39N5O5S2. The second-order valence-corrected chi connectivity index (χ2v) is 15.3. The molecule has 2 saturated heterocycles. The number of sulfonamides is 1. The van der Waals surface area contributed by atoms with E-state index in [4.69, 9.17) is 9.84 Å². The number of aliphatic imine (C=N–C) groups is 1. The van der Waals surface area contributed by atoms with Gasteiger partial charge in [-0.15, -0.1) is 0 Å². The molecule has 0 N–H and O–H groups in total. The summed E-state index contributed by atoms with van der Waals surface area (Å²) in [5.41, 5.74) is 2.71. The molecule has 6 rings (SSSR count). The van der Waals surface area contributed by atoms with Crippen LogP contribution in [0.3, 0.4) is 0 Å². The minimum Gasteiger partial charge on any atom is -0.466 e. The molecule has 3 aromatic rings. The van der Waals surface area contributed by atoms with E-state index in [1.807, 2.05) is 47.5 Å². The standard InChI is InChI=1S/C34H39N5O5S2/c1-4-44-33(41)25-13-15-37(16-14-25)34-35-32(40)30(45-34)19-27-22-39(28-10-6-5-7-11-28)36-31(27)26-9-8-12-29(18-26)46(42,43)38-20-23(2)17-24(3)21-38/h5-12,18-19,22-25H,4,13-17,20-21H2,1-3H3/b30-19-. The largest absolute Gasteiger partial charge is 0.466 e. The third-order valence-corrected chi connectivity index (χ3v) is 11.5. The molecule has 2 aromatic carbocycles. The molecule has 2 unspecified atom stereocenters. The molecule has 0 spiro atoms. The topological polar surface area (TPSA) is 114 Å². The number of hydrogen-bond donors (Lipinski definition) is 0. The van der Waals surface area contributed by atoms with Crippen molar-refractivity contribution in [2.75, 3.05) is 32.8 Å². The Labute approximate surface area is 274 Å². The Balaban J connectivity index is 1.29. The van der Waals surface area contributed by atoms with Gasteiger partial charge in [0.05, 0.1) is 28.0 Å². The van der Waals surface area contributed by atoms with Crippen LogP contribution in [0.4, 0.5) is 0 Å². The number of thioether (sulfide) groups is 1. The zero-order valence-corrected chi connectivity index (χ0v) is 28.0. The summed E-state index contributed by atoms with van der Waals surface area (Å²) in [4.78, 5) is 32.4. The lowest BCUT2D eigenvalue weighted by atomic mass is 9.94. The SMILES string of the molecule is CCOC(=O)C1CCN(C2=NC(=O)/C(=C/c3cn(-c4ccccc4)nc3-c3cccc(S(=O)(=O)N4CC(C)CC(C)C4)c3)S2)CC1. The molecule has 0 saturated carbocycles. The van der Waals surface area contributed by atoms with Crippen LogP contribution in [-0.2, 0) is 24.3 Å². The summed E-state index contributed by atoms with van der Waals surface area (Å²) in [5.74, 6) is -0.0603. The van der Waals surface area contributed by atoms with Crippen LogP contribution in [0.1, 0.15) is 45.6 Å². The number of ether oxygens (including phenoxy) is 1. The third-order valence-electron chi connectivity index (χ3n) is 8.63. The molecule has 3 aliphatic heterocycles.